The lowest BCUT2D eigenvalue weighted by Gasteiger charge is -2.03. The van der Waals surface area contributed by atoms with Crippen LogP contribution in [0.4, 0.5) is 8.78 Å². The normalized spacial score (nSPS) is 10.2. The van der Waals surface area contributed by atoms with Gasteiger partial charge in [0, 0.05) is 6.20 Å². The third-order valence-corrected chi connectivity index (χ3v) is 1.11. The zero-order chi connectivity index (χ0) is 9.84. The molecule has 0 saturated carbocycles. The van der Waals surface area contributed by atoms with Crippen LogP contribution in [-0.4, -0.2) is 33.7 Å². The molecule has 1 heterocycles. The number of nitrogens with zero attached hydrogens (tertiary/aromatic N) is 2. The van der Waals surface area contributed by atoms with Crippen molar-refractivity contribution in [3.05, 3.63) is 12.4 Å². The summed E-state index contributed by atoms with van der Waals surface area (Å²) in [5.41, 5.74) is -0.252. The highest BCUT2D eigenvalue weighted by Gasteiger charge is 2.15. The Morgan fingerprint density at radius 1 is 1.38 bits per heavy atom. The molecular weight excluding hydrogens is 185 g/mol. The van der Waals surface area contributed by atoms with Crippen LogP contribution in [0.25, 0.3) is 0 Å². The van der Waals surface area contributed by atoms with Crippen LogP contribution in [0.3, 0.4) is 0 Å². The molecule has 0 radical (unpaired) electrons. The Balaban J connectivity index is 2.79. The van der Waals surface area contributed by atoms with Gasteiger partial charge in [0.2, 0.25) is 5.88 Å². The van der Waals surface area contributed by atoms with Crippen LogP contribution in [0.2, 0.25) is 0 Å². The van der Waals surface area contributed by atoms with Crippen molar-refractivity contribution in [1.82, 2.24) is 9.97 Å². The van der Waals surface area contributed by atoms with Crippen molar-refractivity contribution in [2.24, 2.45) is 0 Å². The Morgan fingerprint density at radius 2 is 2.08 bits per heavy atom. The Morgan fingerprint density at radius 3 is 2.62 bits per heavy atom. The van der Waals surface area contributed by atoms with Gasteiger partial charge in [-0.05, 0) is 0 Å². The molecule has 0 aliphatic rings. The van der Waals surface area contributed by atoms with Crippen molar-refractivity contribution in [2.75, 3.05) is 0 Å². The summed E-state index contributed by atoms with van der Waals surface area (Å²) >= 11 is 0. The van der Waals surface area contributed by atoms with Crippen molar-refractivity contribution in [3.63, 3.8) is 0 Å². The molecule has 5 nitrogen and oxygen atoms in total. The minimum absolute atomic E-state index is 0.252. The second kappa shape index (κ2) is 4.10. The number of halogens is 2. The number of ether oxygens (including phenoxy) is 1. The molecule has 0 aromatic carbocycles. The van der Waals surface area contributed by atoms with Crippen molar-refractivity contribution >= 4 is 12.7 Å². The molecule has 0 aliphatic heterocycles. The van der Waals surface area contributed by atoms with E-state index in [-0.39, 0.29) is 5.59 Å². The van der Waals surface area contributed by atoms with Gasteiger partial charge in [0.25, 0.3) is 0 Å². The summed E-state index contributed by atoms with van der Waals surface area (Å²) in [6, 6.07) is 0. The second-order valence-corrected chi connectivity index (χ2v) is 2.03. The third-order valence-electron chi connectivity index (χ3n) is 1.11. The van der Waals surface area contributed by atoms with Gasteiger partial charge in [-0.15, -0.1) is 0 Å². The van der Waals surface area contributed by atoms with Gasteiger partial charge < -0.3 is 14.8 Å². The molecule has 0 amide bonds. The van der Waals surface area contributed by atoms with Gasteiger partial charge in [-0.3, -0.25) is 4.98 Å². The number of alkyl halides is 2. The first-order valence-corrected chi connectivity index (χ1v) is 3.22. The molecule has 13 heavy (non-hydrogen) atoms. The van der Waals surface area contributed by atoms with Crippen LogP contribution in [0.15, 0.2) is 12.4 Å². The van der Waals surface area contributed by atoms with Gasteiger partial charge in [0.1, 0.15) is 0 Å². The molecule has 0 saturated heterocycles. The van der Waals surface area contributed by atoms with Crippen molar-refractivity contribution in [2.45, 2.75) is 6.61 Å². The first kappa shape index (κ1) is 9.81. The van der Waals surface area contributed by atoms with Gasteiger partial charge in [-0.25, -0.2) is 4.98 Å². The van der Waals surface area contributed by atoms with Crippen LogP contribution in [-0.2, 0) is 0 Å². The van der Waals surface area contributed by atoms with Crippen LogP contribution >= 0.6 is 0 Å². The SMILES string of the molecule is OB(O)c1cncc(OC(F)F)n1. The number of hydrogen-bond donors (Lipinski definition) is 2. The van der Waals surface area contributed by atoms with Gasteiger partial charge >= 0.3 is 13.7 Å². The number of hydrogen-bond acceptors (Lipinski definition) is 5. The highest BCUT2D eigenvalue weighted by atomic mass is 19.3. The van der Waals surface area contributed by atoms with Gasteiger partial charge in [-0.2, -0.15) is 8.78 Å². The van der Waals surface area contributed by atoms with Crippen LogP contribution in [0, 0.1) is 0 Å². The maximum absolute atomic E-state index is 11.6. The molecule has 1 aromatic rings. The highest BCUT2D eigenvalue weighted by Crippen LogP contribution is 2.05. The molecule has 0 bridgehead atoms. The van der Waals surface area contributed by atoms with Crippen molar-refractivity contribution in [3.8, 4) is 5.88 Å². The Kier molecular flexibility index (Phi) is 3.10. The second-order valence-electron chi connectivity index (χ2n) is 2.03. The highest BCUT2D eigenvalue weighted by molar-refractivity contribution is 6.57. The largest absolute Gasteiger partial charge is 0.509 e. The topological polar surface area (TPSA) is 75.5 Å². The van der Waals surface area contributed by atoms with E-state index in [0.29, 0.717) is 0 Å². The fraction of sp³-hybridized carbons (Fsp3) is 0.200. The number of rotatable bonds is 3. The summed E-state index contributed by atoms with van der Waals surface area (Å²) in [4.78, 5) is 6.77. The van der Waals surface area contributed by atoms with E-state index in [4.69, 9.17) is 10.0 Å². The molecule has 0 fully saturated rings. The van der Waals surface area contributed by atoms with E-state index in [0.717, 1.165) is 12.4 Å². The van der Waals surface area contributed by atoms with E-state index in [1.54, 1.807) is 0 Å². The van der Waals surface area contributed by atoms with E-state index in [1.807, 2.05) is 0 Å². The summed E-state index contributed by atoms with van der Waals surface area (Å²) in [5, 5.41) is 17.2. The smallest absolute Gasteiger partial charge is 0.422 e. The predicted molar refractivity (Wildman–Crippen MR) is 38.5 cm³/mol. The molecule has 2 N–H and O–H groups in total. The van der Waals surface area contributed by atoms with Crippen LogP contribution < -0.4 is 10.3 Å². The van der Waals surface area contributed by atoms with Crippen molar-refractivity contribution in [1.29, 1.82) is 0 Å². The standard InChI is InChI=1S/C5H5BF2N2O3/c7-5(8)13-4-2-9-1-3(10-4)6(11)12/h1-2,5,11-12H. The molecule has 0 atom stereocenters. The van der Waals surface area contributed by atoms with Gasteiger partial charge in [0.05, 0.1) is 11.8 Å². The van der Waals surface area contributed by atoms with E-state index in [9.17, 15) is 8.78 Å². The molecule has 1 rings (SSSR count). The minimum atomic E-state index is -3.01. The summed E-state index contributed by atoms with van der Waals surface area (Å²) in [6.07, 6.45) is 1.97. The Bertz CT molecular complexity index is 286. The van der Waals surface area contributed by atoms with Crippen LogP contribution in [0.1, 0.15) is 0 Å². The van der Waals surface area contributed by atoms with Gasteiger partial charge in [0.15, 0.2) is 0 Å². The molecule has 8 heteroatoms. The molecule has 0 unspecified atom stereocenters. The maximum atomic E-state index is 11.6. The summed E-state index contributed by atoms with van der Waals surface area (Å²) in [6.45, 7) is -3.01. The quantitative estimate of drug-likeness (QED) is 0.582. The van der Waals surface area contributed by atoms with E-state index < -0.39 is 19.6 Å². The Hall–Kier alpha value is -1.28. The fourth-order valence-electron chi connectivity index (χ4n) is 0.635. The Labute approximate surface area is 72.2 Å². The van der Waals surface area contributed by atoms with E-state index >= 15 is 0 Å². The monoisotopic (exact) mass is 190 g/mol. The minimum Gasteiger partial charge on any atom is -0.422 e. The average Bonchev–Trinajstić information content (AvgIpc) is 2.03. The lowest BCUT2D eigenvalue weighted by atomic mass is 9.87. The lowest BCUT2D eigenvalue weighted by molar-refractivity contribution is -0.0530. The first-order valence-electron chi connectivity index (χ1n) is 3.22. The first-order chi connectivity index (χ1) is 6.09. The summed E-state index contributed by atoms with van der Waals surface area (Å²) < 4.78 is 27.2. The third kappa shape index (κ3) is 2.92. The average molecular weight is 190 g/mol. The molecule has 70 valence electrons. The molecule has 0 aliphatic carbocycles. The van der Waals surface area contributed by atoms with E-state index in [1.165, 1.54) is 0 Å². The molecular formula is C5H5BF2N2O3. The maximum Gasteiger partial charge on any atom is 0.509 e. The summed E-state index contributed by atoms with van der Waals surface area (Å²) in [5.74, 6) is -0.458. The lowest BCUT2D eigenvalue weighted by Crippen LogP contribution is -2.33. The van der Waals surface area contributed by atoms with Crippen molar-refractivity contribution < 1.29 is 23.6 Å². The summed E-state index contributed by atoms with van der Waals surface area (Å²) in [7, 11) is -1.85. The predicted octanol–water partition coefficient (Wildman–Crippen LogP) is -1.24. The zero-order valence-electron chi connectivity index (χ0n) is 6.26. The number of aromatic nitrogens is 2. The zero-order valence-corrected chi connectivity index (χ0v) is 6.26. The molecule has 0 spiro atoms. The van der Waals surface area contributed by atoms with Gasteiger partial charge in [-0.1, -0.05) is 0 Å². The molecule has 1 aromatic heterocycles. The van der Waals surface area contributed by atoms with E-state index in [2.05, 4.69) is 14.7 Å². The fourth-order valence-corrected chi connectivity index (χ4v) is 0.635. The van der Waals surface area contributed by atoms with Crippen LogP contribution in [0.5, 0.6) is 5.88 Å².